The molecule has 8 nitrogen and oxygen atoms in total. The van der Waals surface area contributed by atoms with E-state index in [1.165, 1.54) is 17.1 Å². The molecule has 2 heterocycles. The number of para-hydroxylation sites is 1. The van der Waals surface area contributed by atoms with E-state index < -0.39 is 0 Å². The average molecular weight is 465 g/mol. The Morgan fingerprint density at radius 1 is 1.09 bits per heavy atom. The number of hydrogen-bond donors (Lipinski definition) is 2. The maximum atomic E-state index is 12.9. The maximum absolute atomic E-state index is 12.9. The third-order valence-electron chi connectivity index (χ3n) is 4.83. The zero-order valence-electron chi connectivity index (χ0n) is 17.7. The van der Waals surface area contributed by atoms with Crippen molar-refractivity contribution in [1.29, 1.82) is 0 Å². The quantitative estimate of drug-likeness (QED) is 0.402. The van der Waals surface area contributed by atoms with Gasteiger partial charge in [0.1, 0.15) is 23.8 Å². The van der Waals surface area contributed by atoms with E-state index in [9.17, 15) is 9.59 Å². The summed E-state index contributed by atoms with van der Waals surface area (Å²) in [6.45, 7) is 0.468. The molecule has 0 atom stereocenters. The third kappa shape index (κ3) is 5.42. The van der Waals surface area contributed by atoms with Crippen LogP contribution in [0.4, 0.5) is 5.69 Å². The molecule has 4 aromatic rings. The van der Waals surface area contributed by atoms with Crippen LogP contribution in [0.15, 0.2) is 77.5 Å². The van der Waals surface area contributed by atoms with Gasteiger partial charge in [-0.1, -0.05) is 35.9 Å². The predicted molar refractivity (Wildman–Crippen MR) is 123 cm³/mol. The van der Waals surface area contributed by atoms with Gasteiger partial charge in [0, 0.05) is 12.6 Å². The first-order chi connectivity index (χ1) is 16.0. The highest BCUT2D eigenvalue weighted by Crippen LogP contribution is 2.24. The van der Waals surface area contributed by atoms with Gasteiger partial charge in [0.25, 0.3) is 11.8 Å². The largest absolute Gasteiger partial charge is 0.487 e. The zero-order chi connectivity index (χ0) is 23.2. The number of halogens is 1. The fraction of sp³-hybridized carbons (Fsp3) is 0.125. The van der Waals surface area contributed by atoms with E-state index in [2.05, 4.69) is 15.7 Å². The van der Waals surface area contributed by atoms with Gasteiger partial charge in [0.05, 0.1) is 29.7 Å². The second-order valence-corrected chi connectivity index (χ2v) is 7.57. The number of furan rings is 1. The first-order valence-corrected chi connectivity index (χ1v) is 10.5. The lowest BCUT2D eigenvalue weighted by Gasteiger charge is -2.10. The van der Waals surface area contributed by atoms with Crippen LogP contribution < -0.4 is 15.4 Å². The zero-order valence-corrected chi connectivity index (χ0v) is 18.5. The smallest absolute Gasteiger partial charge is 0.272 e. The molecule has 0 aliphatic carbocycles. The Morgan fingerprint density at radius 3 is 2.73 bits per heavy atom. The number of nitrogens with zero attached hydrogens (tertiary/aromatic N) is 2. The van der Waals surface area contributed by atoms with Crippen molar-refractivity contribution in [2.45, 2.75) is 13.2 Å². The van der Waals surface area contributed by atoms with E-state index in [1.807, 2.05) is 18.2 Å². The maximum Gasteiger partial charge on any atom is 0.272 e. The molecule has 0 saturated heterocycles. The van der Waals surface area contributed by atoms with E-state index >= 15 is 0 Å². The summed E-state index contributed by atoms with van der Waals surface area (Å²) in [6.07, 6.45) is 2.97. The van der Waals surface area contributed by atoms with E-state index in [0.29, 0.717) is 27.8 Å². The molecule has 0 fully saturated rings. The fourth-order valence-corrected chi connectivity index (χ4v) is 3.37. The number of ether oxygens (including phenoxy) is 1. The van der Waals surface area contributed by atoms with Crippen LogP contribution in [0.5, 0.6) is 5.75 Å². The molecule has 0 aliphatic rings. The van der Waals surface area contributed by atoms with Crippen LogP contribution in [0.25, 0.3) is 0 Å². The minimum atomic E-state index is -0.386. The van der Waals surface area contributed by atoms with Crippen molar-refractivity contribution in [3.8, 4) is 5.75 Å². The first-order valence-electron chi connectivity index (χ1n) is 10.1. The lowest BCUT2D eigenvalue weighted by molar-refractivity contribution is 0.0939. The number of aryl methyl sites for hydroxylation is 1. The van der Waals surface area contributed by atoms with Crippen LogP contribution in [0, 0.1) is 0 Å². The highest BCUT2D eigenvalue weighted by atomic mass is 35.5. The molecule has 0 radical (unpaired) electrons. The van der Waals surface area contributed by atoms with E-state index in [4.69, 9.17) is 20.8 Å². The van der Waals surface area contributed by atoms with Crippen LogP contribution in [0.2, 0.25) is 5.02 Å². The number of carbonyl (C=O) groups excluding carboxylic acids is 2. The van der Waals surface area contributed by atoms with E-state index in [0.717, 1.165) is 5.56 Å². The molecule has 0 bridgehead atoms. The Bertz CT molecular complexity index is 1270. The van der Waals surface area contributed by atoms with Crippen molar-refractivity contribution in [3.63, 3.8) is 0 Å². The molecule has 2 amide bonds. The summed E-state index contributed by atoms with van der Waals surface area (Å²) in [5.41, 5.74) is 1.75. The number of carbonyl (C=O) groups is 2. The summed E-state index contributed by atoms with van der Waals surface area (Å²) < 4.78 is 12.4. The number of rotatable bonds is 8. The highest BCUT2D eigenvalue weighted by molar-refractivity contribution is 6.32. The van der Waals surface area contributed by atoms with Gasteiger partial charge in [-0.2, -0.15) is 5.10 Å². The molecule has 168 valence electrons. The van der Waals surface area contributed by atoms with Crippen molar-refractivity contribution in [3.05, 3.63) is 101 Å². The van der Waals surface area contributed by atoms with Gasteiger partial charge in [-0.15, -0.1) is 0 Å². The highest BCUT2D eigenvalue weighted by Gasteiger charge is 2.19. The summed E-state index contributed by atoms with van der Waals surface area (Å²) in [6, 6.07) is 17.7. The molecular weight excluding hydrogens is 444 g/mol. The summed E-state index contributed by atoms with van der Waals surface area (Å²) in [4.78, 5) is 25.5. The van der Waals surface area contributed by atoms with E-state index in [1.54, 1.807) is 49.5 Å². The van der Waals surface area contributed by atoms with Gasteiger partial charge >= 0.3 is 0 Å². The molecule has 0 aliphatic heterocycles. The van der Waals surface area contributed by atoms with Crippen LogP contribution >= 0.6 is 11.6 Å². The lowest BCUT2D eigenvalue weighted by atomic mass is 10.1. The van der Waals surface area contributed by atoms with Crippen LogP contribution in [-0.2, 0) is 20.2 Å². The van der Waals surface area contributed by atoms with Crippen LogP contribution in [0.3, 0.4) is 0 Å². The van der Waals surface area contributed by atoms with Crippen molar-refractivity contribution in [1.82, 2.24) is 15.1 Å². The molecule has 0 unspecified atom stereocenters. The van der Waals surface area contributed by atoms with Crippen molar-refractivity contribution in [2.75, 3.05) is 5.32 Å². The van der Waals surface area contributed by atoms with Gasteiger partial charge in [-0.25, -0.2) is 0 Å². The van der Waals surface area contributed by atoms with E-state index in [-0.39, 0.29) is 30.7 Å². The lowest BCUT2D eigenvalue weighted by Crippen LogP contribution is -2.26. The monoisotopic (exact) mass is 464 g/mol. The van der Waals surface area contributed by atoms with Crippen molar-refractivity contribution >= 4 is 29.1 Å². The minimum Gasteiger partial charge on any atom is -0.487 e. The summed E-state index contributed by atoms with van der Waals surface area (Å²) in [5.74, 6) is 0.424. The van der Waals surface area contributed by atoms with Gasteiger partial charge in [-0.05, 0) is 42.0 Å². The second kappa shape index (κ2) is 10.1. The molecule has 2 aromatic heterocycles. The molecule has 9 heteroatoms. The van der Waals surface area contributed by atoms with Crippen LogP contribution in [0.1, 0.15) is 32.2 Å². The summed E-state index contributed by atoms with van der Waals surface area (Å²) in [7, 11) is 1.63. The molecule has 2 aromatic carbocycles. The Kier molecular flexibility index (Phi) is 6.75. The number of anilines is 1. The molecule has 0 saturated carbocycles. The first kappa shape index (κ1) is 22.2. The minimum absolute atomic E-state index is 0.220. The normalized spacial score (nSPS) is 10.6. The Hall–Kier alpha value is -4.04. The number of aromatic nitrogens is 2. The van der Waals surface area contributed by atoms with Gasteiger partial charge in [0.2, 0.25) is 0 Å². The Labute approximate surface area is 195 Å². The summed E-state index contributed by atoms with van der Waals surface area (Å²) >= 11 is 6.12. The summed E-state index contributed by atoms with van der Waals surface area (Å²) in [5, 5.41) is 10.1. The van der Waals surface area contributed by atoms with Gasteiger partial charge in [0.15, 0.2) is 0 Å². The van der Waals surface area contributed by atoms with Gasteiger partial charge < -0.3 is 19.8 Å². The number of hydrogen-bond acceptors (Lipinski definition) is 5. The van der Waals surface area contributed by atoms with Crippen molar-refractivity contribution in [2.24, 2.45) is 7.05 Å². The topological polar surface area (TPSA) is 98.4 Å². The number of amides is 2. The second-order valence-electron chi connectivity index (χ2n) is 7.17. The third-order valence-corrected chi connectivity index (χ3v) is 5.14. The number of nitrogens with one attached hydrogen (secondary N) is 2. The average Bonchev–Trinajstić information content (AvgIpc) is 3.47. The molecular formula is C24H21ClN4O4. The Balaban J connectivity index is 1.43. The Morgan fingerprint density at radius 2 is 1.94 bits per heavy atom. The predicted octanol–water partition coefficient (Wildman–Crippen LogP) is 4.43. The number of benzene rings is 2. The SMILES string of the molecule is Cn1ncc(NC(=O)c2cccc(COc3ccccc3Cl)c2)c1C(=O)NCc1ccco1. The molecule has 33 heavy (non-hydrogen) atoms. The van der Waals surface area contributed by atoms with Gasteiger partial charge in [-0.3, -0.25) is 14.3 Å². The molecule has 0 spiro atoms. The standard InChI is InChI=1S/C24H21ClN4O4/c1-29-22(24(31)26-13-18-8-5-11-32-18)20(14-27-29)28-23(30)17-7-4-6-16(12-17)15-33-21-10-3-2-9-19(21)25/h2-12,14H,13,15H2,1H3,(H,26,31)(H,28,30). The fourth-order valence-electron chi connectivity index (χ4n) is 3.18. The van der Waals surface area contributed by atoms with Crippen LogP contribution in [-0.4, -0.2) is 21.6 Å². The molecule has 4 rings (SSSR count). The molecule has 2 N–H and O–H groups in total. The van der Waals surface area contributed by atoms with Crippen molar-refractivity contribution < 1.29 is 18.7 Å².